The Balaban J connectivity index is 2.44. The molecule has 0 unspecified atom stereocenters. The number of hydrogen-bond acceptors (Lipinski definition) is 4. The molecule has 0 spiro atoms. The first-order valence-electron chi connectivity index (χ1n) is 5.71. The Hall–Kier alpha value is -1.68. The van der Waals surface area contributed by atoms with Gasteiger partial charge in [0.15, 0.2) is 5.82 Å². The van der Waals surface area contributed by atoms with Crippen LogP contribution in [0.5, 0.6) is 0 Å². The molecular formula is C12H10ClFN2O4S2. The lowest BCUT2D eigenvalue weighted by Crippen LogP contribution is -2.16. The van der Waals surface area contributed by atoms with Crippen LogP contribution in [-0.4, -0.2) is 16.8 Å². The summed E-state index contributed by atoms with van der Waals surface area (Å²) >= 11 is 5.54. The van der Waals surface area contributed by atoms with Gasteiger partial charge in [0.2, 0.25) is 10.0 Å². The molecule has 2 aromatic carbocycles. The fourth-order valence-corrected chi connectivity index (χ4v) is 3.58. The first kappa shape index (κ1) is 16.7. The van der Waals surface area contributed by atoms with E-state index in [0.29, 0.717) is 0 Å². The van der Waals surface area contributed by atoms with Crippen LogP contribution in [0.3, 0.4) is 0 Å². The molecule has 0 fully saturated rings. The van der Waals surface area contributed by atoms with Gasteiger partial charge in [0.1, 0.15) is 4.90 Å². The first-order chi connectivity index (χ1) is 10.1. The van der Waals surface area contributed by atoms with Gasteiger partial charge in [-0.15, -0.1) is 0 Å². The zero-order valence-electron chi connectivity index (χ0n) is 10.8. The van der Waals surface area contributed by atoms with E-state index in [0.717, 1.165) is 12.1 Å². The van der Waals surface area contributed by atoms with E-state index >= 15 is 0 Å². The zero-order chi connectivity index (χ0) is 16.5. The normalized spacial score (nSPS) is 12.1. The molecule has 10 heteroatoms. The quantitative estimate of drug-likeness (QED) is 0.864. The molecule has 0 saturated carbocycles. The van der Waals surface area contributed by atoms with Crippen molar-refractivity contribution in [2.75, 3.05) is 4.72 Å². The van der Waals surface area contributed by atoms with Crippen LogP contribution >= 0.6 is 11.6 Å². The predicted molar refractivity (Wildman–Crippen MR) is 80.0 cm³/mol. The minimum atomic E-state index is -4.27. The molecule has 0 aromatic heterocycles. The minimum Gasteiger partial charge on any atom is -0.279 e. The fourth-order valence-electron chi connectivity index (χ4n) is 1.64. The highest BCUT2D eigenvalue weighted by Gasteiger charge is 2.21. The number of halogens is 2. The summed E-state index contributed by atoms with van der Waals surface area (Å²) in [5, 5.41) is 4.62. The van der Waals surface area contributed by atoms with E-state index < -0.39 is 30.8 Å². The average molecular weight is 365 g/mol. The standard InChI is InChI=1S/C12H10ClFN2O4S2/c13-10-5-2-6-11(12(10)14)22(19,20)16-8-3-1-4-9(7-8)21(15,17)18/h1-7,16H,(H2,15,17,18). The van der Waals surface area contributed by atoms with Crippen LogP contribution in [0.15, 0.2) is 52.3 Å². The van der Waals surface area contributed by atoms with Gasteiger partial charge in [-0.1, -0.05) is 23.7 Å². The van der Waals surface area contributed by atoms with Gasteiger partial charge in [-0.05, 0) is 30.3 Å². The van der Waals surface area contributed by atoms with Crippen molar-refractivity contribution in [3.8, 4) is 0 Å². The molecule has 6 nitrogen and oxygen atoms in total. The molecule has 2 aromatic rings. The molecular weight excluding hydrogens is 355 g/mol. The Morgan fingerprint density at radius 1 is 1.05 bits per heavy atom. The molecule has 0 bridgehead atoms. The molecule has 0 heterocycles. The number of sulfonamides is 2. The Morgan fingerprint density at radius 3 is 2.32 bits per heavy atom. The van der Waals surface area contributed by atoms with Crippen molar-refractivity contribution >= 4 is 37.3 Å². The second kappa shape index (κ2) is 5.84. The summed E-state index contributed by atoms with van der Waals surface area (Å²) < 4.78 is 62.6. The first-order valence-corrected chi connectivity index (χ1v) is 9.12. The largest absolute Gasteiger partial charge is 0.279 e. The van der Waals surface area contributed by atoms with Crippen LogP contribution < -0.4 is 9.86 Å². The molecule has 0 amide bonds. The van der Waals surface area contributed by atoms with Crippen molar-refractivity contribution in [1.29, 1.82) is 0 Å². The SMILES string of the molecule is NS(=O)(=O)c1cccc(NS(=O)(=O)c2cccc(Cl)c2F)c1. The maximum atomic E-state index is 13.8. The third-order valence-electron chi connectivity index (χ3n) is 2.62. The van der Waals surface area contributed by atoms with E-state index in [2.05, 4.69) is 4.72 Å². The van der Waals surface area contributed by atoms with E-state index in [1.807, 2.05) is 0 Å². The van der Waals surface area contributed by atoms with Crippen LogP contribution in [0, 0.1) is 5.82 Å². The number of hydrogen-bond donors (Lipinski definition) is 2. The predicted octanol–water partition coefficient (Wildman–Crippen LogP) is 1.93. The summed E-state index contributed by atoms with van der Waals surface area (Å²) in [6, 6.07) is 8.34. The third-order valence-corrected chi connectivity index (χ3v) is 5.22. The molecule has 3 N–H and O–H groups in total. The number of rotatable bonds is 4. The molecule has 0 aliphatic rings. The molecule has 0 saturated heterocycles. The van der Waals surface area contributed by atoms with Gasteiger partial charge in [0, 0.05) is 0 Å². The van der Waals surface area contributed by atoms with Gasteiger partial charge in [0.05, 0.1) is 15.6 Å². The Bertz CT molecular complexity index is 930. The van der Waals surface area contributed by atoms with Crippen molar-refractivity contribution in [2.45, 2.75) is 9.79 Å². The highest BCUT2D eigenvalue weighted by atomic mass is 35.5. The van der Waals surface area contributed by atoms with Crippen LogP contribution in [0.25, 0.3) is 0 Å². The van der Waals surface area contributed by atoms with Gasteiger partial charge in [-0.2, -0.15) is 0 Å². The molecule has 0 aliphatic carbocycles. The Morgan fingerprint density at radius 2 is 1.68 bits per heavy atom. The average Bonchev–Trinajstić information content (AvgIpc) is 2.40. The van der Waals surface area contributed by atoms with Crippen molar-refractivity contribution in [3.63, 3.8) is 0 Å². The molecule has 0 aliphatic heterocycles. The molecule has 0 radical (unpaired) electrons. The van der Waals surface area contributed by atoms with Crippen molar-refractivity contribution < 1.29 is 21.2 Å². The molecule has 2 rings (SSSR count). The second-order valence-electron chi connectivity index (χ2n) is 4.23. The number of benzene rings is 2. The van der Waals surface area contributed by atoms with Gasteiger partial charge in [-0.25, -0.2) is 26.4 Å². The lowest BCUT2D eigenvalue weighted by molar-refractivity contribution is 0.570. The number of primary sulfonamides is 1. The smallest absolute Gasteiger partial charge is 0.264 e. The molecule has 0 atom stereocenters. The Labute approximate surface area is 131 Å². The summed E-state index contributed by atoms with van der Waals surface area (Å²) in [5.41, 5.74) is -0.0779. The third kappa shape index (κ3) is 3.55. The lowest BCUT2D eigenvalue weighted by Gasteiger charge is -2.10. The van der Waals surface area contributed by atoms with E-state index in [4.69, 9.17) is 16.7 Å². The maximum absolute atomic E-state index is 13.8. The van der Waals surface area contributed by atoms with Crippen molar-refractivity contribution in [2.24, 2.45) is 5.14 Å². The molecule has 22 heavy (non-hydrogen) atoms. The summed E-state index contributed by atoms with van der Waals surface area (Å²) in [6.45, 7) is 0. The highest BCUT2D eigenvalue weighted by molar-refractivity contribution is 7.92. The number of nitrogens with one attached hydrogen (secondary N) is 1. The van der Waals surface area contributed by atoms with Gasteiger partial charge < -0.3 is 0 Å². The van der Waals surface area contributed by atoms with Crippen LogP contribution in [-0.2, 0) is 20.0 Å². The van der Waals surface area contributed by atoms with E-state index in [1.165, 1.54) is 30.3 Å². The number of nitrogens with two attached hydrogens (primary N) is 1. The zero-order valence-corrected chi connectivity index (χ0v) is 13.2. The fraction of sp³-hybridized carbons (Fsp3) is 0. The van der Waals surface area contributed by atoms with Gasteiger partial charge in [-0.3, -0.25) is 4.72 Å². The van der Waals surface area contributed by atoms with Crippen molar-refractivity contribution in [1.82, 2.24) is 0 Å². The van der Waals surface area contributed by atoms with E-state index in [1.54, 1.807) is 0 Å². The van der Waals surface area contributed by atoms with Crippen molar-refractivity contribution in [3.05, 3.63) is 53.3 Å². The van der Waals surface area contributed by atoms with Crippen LogP contribution in [0.1, 0.15) is 0 Å². The van der Waals surface area contributed by atoms with Crippen LogP contribution in [0.2, 0.25) is 5.02 Å². The second-order valence-corrected chi connectivity index (χ2v) is 7.85. The lowest BCUT2D eigenvalue weighted by atomic mass is 10.3. The molecule has 118 valence electrons. The minimum absolute atomic E-state index is 0.0779. The summed E-state index contributed by atoms with van der Waals surface area (Å²) in [7, 11) is -8.26. The summed E-state index contributed by atoms with van der Waals surface area (Å²) in [4.78, 5) is -0.930. The van der Waals surface area contributed by atoms with Gasteiger partial charge >= 0.3 is 0 Å². The topological polar surface area (TPSA) is 106 Å². The summed E-state index contributed by atoms with van der Waals surface area (Å²) in [5.74, 6) is -1.10. The monoisotopic (exact) mass is 364 g/mol. The van der Waals surface area contributed by atoms with E-state index in [-0.39, 0.29) is 15.6 Å². The van der Waals surface area contributed by atoms with Crippen LogP contribution in [0.4, 0.5) is 10.1 Å². The maximum Gasteiger partial charge on any atom is 0.264 e. The van der Waals surface area contributed by atoms with E-state index in [9.17, 15) is 21.2 Å². The van der Waals surface area contributed by atoms with Gasteiger partial charge in [0.25, 0.3) is 10.0 Å². The Kier molecular flexibility index (Phi) is 4.43. The highest BCUT2D eigenvalue weighted by Crippen LogP contribution is 2.24. The number of anilines is 1. The summed E-state index contributed by atoms with van der Waals surface area (Å²) in [6.07, 6.45) is 0.